The molecule has 0 aliphatic carbocycles. The number of anilines is 1. The molecule has 5 nitrogen and oxygen atoms in total. The molecule has 1 atom stereocenters. The van der Waals surface area contributed by atoms with Crippen molar-refractivity contribution in [2.75, 3.05) is 11.9 Å². The zero-order valence-corrected chi connectivity index (χ0v) is 11.4. The van der Waals surface area contributed by atoms with E-state index in [1.165, 1.54) is 0 Å². The molecule has 0 aliphatic rings. The number of aromatic amines is 1. The van der Waals surface area contributed by atoms with Crippen LogP contribution >= 0.6 is 0 Å². The molecule has 1 amide bonds. The molecule has 3 aromatic rings. The summed E-state index contributed by atoms with van der Waals surface area (Å²) in [5, 5.41) is 10.8. The number of rotatable bonds is 4. The van der Waals surface area contributed by atoms with Gasteiger partial charge in [0.25, 0.3) is 0 Å². The van der Waals surface area contributed by atoms with Crippen molar-refractivity contribution >= 4 is 22.5 Å². The second-order valence-electron chi connectivity index (χ2n) is 4.83. The molecule has 5 heteroatoms. The Labute approximate surface area is 122 Å². The van der Waals surface area contributed by atoms with Crippen LogP contribution in [0.15, 0.2) is 54.7 Å². The lowest BCUT2D eigenvalue weighted by Gasteiger charge is -2.15. The molecule has 3 rings (SSSR count). The highest BCUT2D eigenvalue weighted by Gasteiger charge is 2.19. The summed E-state index contributed by atoms with van der Waals surface area (Å²) in [5.74, 6) is -0.491. The average Bonchev–Trinajstić information content (AvgIpc) is 2.99. The van der Waals surface area contributed by atoms with E-state index in [9.17, 15) is 4.79 Å². The van der Waals surface area contributed by atoms with Gasteiger partial charge in [-0.05, 0) is 11.6 Å². The Bertz CT molecular complexity index is 751. The monoisotopic (exact) mass is 280 g/mol. The van der Waals surface area contributed by atoms with Gasteiger partial charge < -0.3 is 11.1 Å². The maximum Gasteiger partial charge on any atom is 0.233 e. The van der Waals surface area contributed by atoms with Gasteiger partial charge in [0.1, 0.15) is 0 Å². The van der Waals surface area contributed by atoms with E-state index in [-0.39, 0.29) is 18.4 Å². The van der Waals surface area contributed by atoms with Crippen LogP contribution in [0, 0.1) is 0 Å². The Kier molecular flexibility index (Phi) is 3.66. The van der Waals surface area contributed by atoms with E-state index >= 15 is 0 Å². The van der Waals surface area contributed by atoms with Gasteiger partial charge in [-0.1, -0.05) is 42.5 Å². The summed E-state index contributed by atoms with van der Waals surface area (Å²) in [4.78, 5) is 12.5. The summed E-state index contributed by atoms with van der Waals surface area (Å²) >= 11 is 0. The van der Waals surface area contributed by atoms with Gasteiger partial charge in [0.15, 0.2) is 0 Å². The van der Waals surface area contributed by atoms with E-state index in [4.69, 9.17) is 5.73 Å². The molecule has 0 saturated heterocycles. The van der Waals surface area contributed by atoms with Crippen LogP contribution in [0.5, 0.6) is 0 Å². The predicted octanol–water partition coefficient (Wildman–Crippen LogP) is 2.24. The highest BCUT2D eigenvalue weighted by Crippen LogP contribution is 2.23. The fraction of sp³-hybridized carbons (Fsp3) is 0.125. The molecule has 0 spiro atoms. The van der Waals surface area contributed by atoms with Gasteiger partial charge in [-0.3, -0.25) is 9.89 Å². The summed E-state index contributed by atoms with van der Waals surface area (Å²) in [6, 6.07) is 15.2. The molecule has 1 unspecified atom stereocenters. The summed E-state index contributed by atoms with van der Waals surface area (Å²) in [5.41, 5.74) is 8.21. The molecule has 0 saturated carbocycles. The highest BCUT2D eigenvalue weighted by molar-refractivity contribution is 6.02. The van der Waals surface area contributed by atoms with Crippen LogP contribution < -0.4 is 11.1 Å². The third-order valence-electron chi connectivity index (χ3n) is 3.49. The number of nitrogens with two attached hydrogens (primary N) is 1. The average molecular weight is 280 g/mol. The lowest BCUT2D eigenvalue weighted by molar-refractivity contribution is -0.117. The van der Waals surface area contributed by atoms with Crippen molar-refractivity contribution in [2.24, 2.45) is 5.73 Å². The number of amides is 1. The zero-order valence-electron chi connectivity index (χ0n) is 11.4. The third-order valence-corrected chi connectivity index (χ3v) is 3.49. The molecular weight excluding hydrogens is 264 g/mol. The van der Waals surface area contributed by atoms with Crippen molar-refractivity contribution in [2.45, 2.75) is 5.92 Å². The van der Waals surface area contributed by atoms with Crippen molar-refractivity contribution in [3.05, 3.63) is 60.3 Å². The number of carbonyl (C=O) groups excluding carboxylic acids is 1. The predicted molar refractivity (Wildman–Crippen MR) is 83.0 cm³/mol. The molecule has 0 radical (unpaired) electrons. The minimum Gasteiger partial charge on any atom is -0.329 e. The van der Waals surface area contributed by atoms with Gasteiger partial charge in [0.2, 0.25) is 5.91 Å². The smallest absolute Gasteiger partial charge is 0.233 e. The Morgan fingerprint density at radius 2 is 2.00 bits per heavy atom. The molecule has 4 N–H and O–H groups in total. The van der Waals surface area contributed by atoms with Gasteiger partial charge in [-0.2, -0.15) is 5.10 Å². The number of H-pyrrole nitrogens is 1. The molecule has 1 heterocycles. The Morgan fingerprint density at radius 1 is 1.19 bits per heavy atom. The third kappa shape index (κ3) is 2.64. The van der Waals surface area contributed by atoms with Crippen molar-refractivity contribution in [1.82, 2.24) is 10.2 Å². The van der Waals surface area contributed by atoms with E-state index in [1.807, 2.05) is 48.5 Å². The second kappa shape index (κ2) is 5.76. The quantitative estimate of drug-likeness (QED) is 0.685. The van der Waals surface area contributed by atoms with E-state index in [0.717, 1.165) is 16.5 Å². The number of nitrogens with one attached hydrogen (secondary N) is 2. The molecule has 106 valence electrons. The SMILES string of the molecule is NCC(C(=O)Nc1cccc2cn[nH]c12)c1ccccc1. The summed E-state index contributed by atoms with van der Waals surface area (Å²) in [6.45, 7) is 0.259. The number of hydrogen-bond donors (Lipinski definition) is 3. The fourth-order valence-corrected chi connectivity index (χ4v) is 2.37. The van der Waals surface area contributed by atoms with E-state index in [1.54, 1.807) is 6.20 Å². The largest absolute Gasteiger partial charge is 0.329 e. The van der Waals surface area contributed by atoms with Gasteiger partial charge in [-0.15, -0.1) is 0 Å². The number of nitrogens with zero attached hydrogens (tertiary/aromatic N) is 1. The van der Waals surface area contributed by atoms with Crippen LogP contribution in [0.3, 0.4) is 0 Å². The molecule has 0 aliphatic heterocycles. The lowest BCUT2D eigenvalue weighted by atomic mass is 9.98. The highest BCUT2D eigenvalue weighted by atomic mass is 16.1. The minimum absolute atomic E-state index is 0.120. The Morgan fingerprint density at radius 3 is 2.76 bits per heavy atom. The molecule has 2 aromatic carbocycles. The fourth-order valence-electron chi connectivity index (χ4n) is 2.37. The number of carbonyl (C=O) groups is 1. The maximum absolute atomic E-state index is 12.5. The van der Waals surface area contributed by atoms with E-state index in [0.29, 0.717) is 5.69 Å². The van der Waals surface area contributed by atoms with Gasteiger partial charge in [0, 0.05) is 11.9 Å². The molecule has 0 fully saturated rings. The molecular formula is C16H16N4O. The topological polar surface area (TPSA) is 83.8 Å². The summed E-state index contributed by atoms with van der Waals surface area (Å²) in [7, 11) is 0. The number of aromatic nitrogens is 2. The van der Waals surface area contributed by atoms with Crippen LogP contribution in [0.2, 0.25) is 0 Å². The van der Waals surface area contributed by atoms with Crippen molar-refractivity contribution in [3.8, 4) is 0 Å². The number of hydrogen-bond acceptors (Lipinski definition) is 3. The Hall–Kier alpha value is -2.66. The van der Waals surface area contributed by atoms with Crippen LogP contribution in [-0.2, 0) is 4.79 Å². The van der Waals surface area contributed by atoms with Crippen molar-refractivity contribution in [3.63, 3.8) is 0 Å². The first-order chi connectivity index (χ1) is 10.3. The Balaban J connectivity index is 1.87. The molecule has 1 aromatic heterocycles. The van der Waals surface area contributed by atoms with Gasteiger partial charge in [0.05, 0.1) is 23.3 Å². The number of para-hydroxylation sites is 1. The number of benzene rings is 2. The minimum atomic E-state index is -0.371. The summed E-state index contributed by atoms with van der Waals surface area (Å²) in [6.07, 6.45) is 1.72. The second-order valence-corrected chi connectivity index (χ2v) is 4.83. The first kappa shape index (κ1) is 13.3. The van der Waals surface area contributed by atoms with E-state index < -0.39 is 0 Å². The maximum atomic E-state index is 12.5. The molecule has 0 bridgehead atoms. The summed E-state index contributed by atoms with van der Waals surface area (Å²) < 4.78 is 0. The molecule has 21 heavy (non-hydrogen) atoms. The van der Waals surface area contributed by atoms with Crippen molar-refractivity contribution in [1.29, 1.82) is 0 Å². The van der Waals surface area contributed by atoms with E-state index in [2.05, 4.69) is 15.5 Å². The normalized spacial score (nSPS) is 12.2. The van der Waals surface area contributed by atoms with Crippen molar-refractivity contribution < 1.29 is 4.79 Å². The lowest BCUT2D eigenvalue weighted by Crippen LogP contribution is -2.27. The van der Waals surface area contributed by atoms with Crippen LogP contribution in [0.1, 0.15) is 11.5 Å². The first-order valence-electron chi connectivity index (χ1n) is 6.77. The van der Waals surface area contributed by atoms with Crippen LogP contribution in [-0.4, -0.2) is 22.6 Å². The van der Waals surface area contributed by atoms with Crippen LogP contribution in [0.25, 0.3) is 10.9 Å². The number of fused-ring (bicyclic) bond motifs is 1. The first-order valence-corrected chi connectivity index (χ1v) is 6.77. The standard InChI is InChI=1S/C16H16N4O/c17-9-13(11-5-2-1-3-6-11)16(21)19-14-8-4-7-12-10-18-20-15(12)14/h1-8,10,13H,9,17H2,(H,18,20)(H,19,21). The zero-order chi connectivity index (χ0) is 14.7. The van der Waals surface area contributed by atoms with Gasteiger partial charge >= 0.3 is 0 Å². The van der Waals surface area contributed by atoms with Crippen LogP contribution in [0.4, 0.5) is 5.69 Å². The van der Waals surface area contributed by atoms with Gasteiger partial charge in [-0.25, -0.2) is 0 Å².